The summed E-state index contributed by atoms with van der Waals surface area (Å²) in [6.45, 7) is 6.95. The molecule has 0 radical (unpaired) electrons. The van der Waals surface area contributed by atoms with Crippen molar-refractivity contribution in [2.45, 2.75) is 33.2 Å². The summed E-state index contributed by atoms with van der Waals surface area (Å²) < 4.78 is 1.78. The molecule has 40 heavy (non-hydrogen) atoms. The highest BCUT2D eigenvalue weighted by Gasteiger charge is 2.25. The van der Waals surface area contributed by atoms with Gasteiger partial charge in [-0.2, -0.15) is 0 Å². The van der Waals surface area contributed by atoms with Crippen LogP contribution in [-0.4, -0.2) is 62.6 Å². The number of nitrogens with zero attached hydrogens (tertiary/aromatic N) is 7. The van der Waals surface area contributed by atoms with Gasteiger partial charge in [-0.1, -0.05) is 44.2 Å². The second-order valence-corrected chi connectivity index (χ2v) is 10.4. The topological polar surface area (TPSA) is 87.5 Å². The minimum Gasteiger partial charge on any atom is -0.355 e. The standard InChI is InChI=1S/C31H35N7O2/c1-24(2)19-30(39)38-16-8-15-35(29-13-5-6-14-32-29)17-18-36(21-26-9-3-4-12-28(26)38)31(40)25-10-7-11-27(20-25)37-22-33-34-23-37/h3-7,9-14,20,22-24H,8,15-19,21H2,1-2H3. The van der Waals surface area contributed by atoms with Gasteiger partial charge in [0.2, 0.25) is 5.91 Å². The molecule has 2 aromatic heterocycles. The van der Waals surface area contributed by atoms with Gasteiger partial charge >= 0.3 is 0 Å². The van der Waals surface area contributed by atoms with Crippen LogP contribution in [-0.2, 0) is 11.3 Å². The molecule has 2 aromatic carbocycles. The molecule has 1 aliphatic rings. The smallest absolute Gasteiger partial charge is 0.254 e. The average molecular weight is 538 g/mol. The lowest BCUT2D eigenvalue weighted by Crippen LogP contribution is -2.39. The molecule has 9 nitrogen and oxygen atoms in total. The number of para-hydroxylation sites is 1. The highest BCUT2D eigenvalue weighted by Crippen LogP contribution is 2.26. The molecule has 0 saturated carbocycles. The molecule has 4 aromatic rings. The molecule has 206 valence electrons. The van der Waals surface area contributed by atoms with Gasteiger partial charge in [-0.05, 0) is 54.3 Å². The molecule has 0 unspecified atom stereocenters. The normalized spacial score (nSPS) is 14.5. The first-order valence-electron chi connectivity index (χ1n) is 13.8. The Morgan fingerprint density at radius 3 is 2.45 bits per heavy atom. The van der Waals surface area contributed by atoms with Crippen LogP contribution in [0.4, 0.5) is 11.5 Å². The first kappa shape index (κ1) is 27.1. The zero-order valence-electron chi connectivity index (χ0n) is 23.1. The number of rotatable bonds is 5. The van der Waals surface area contributed by atoms with Crippen LogP contribution in [0.1, 0.15) is 42.6 Å². The maximum atomic E-state index is 14.1. The number of hydrogen-bond donors (Lipinski definition) is 0. The van der Waals surface area contributed by atoms with E-state index in [0.29, 0.717) is 38.2 Å². The quantitative estimate of drug-likeness (QED) is 0.370. The van der Waals surface area contributed by atoms with Crippen LogP contribution in [0.25, 0.3) is 5.69 Å². The van der Waals surface area contributed by atoms with Gasteiger partial charge in [0.1, 0.15) is 18.5 Å². The fourth-order valence-electron chi connectivity index (χ4n) is 5.06. The van der Waals surface area contributed by atoms with Gasteiger partial charge in [-0.3, -0.25) is 14.2 Å². The van der Waals surface area contributed by atoms with Crippen molar-refractivity contribution in [2.24, 2.45) is 5.92 Å². The molecule has 2 amide bonds. The van der Waals surface area contributed by atoms with Crippen LogP contribution in [0.3, 0.4) is 0 Å². The van der Waals surface area contributed by atoms with E-state index in [1.54, 1.807) is 23.4 Å². The van der Waals surface area contributed by atoms with Gasteiger partial charge in [0.05, 0.1) is 0 Å². The average Bonchev–Trinajstić information content (AvgIpc) is 3.50. The number of fused-ring (bicyclic) bond motifs is 1. The monoisotopic (exact) mass is 537 g/mol. The lowest BCUT2D eigenvalue weighted by molar-refractivity contribution is -0.119. The van der Waals surface area contributed by atoms with Crippen LogP contribution in [0, 0.1) is 5.92 Å². The number of benzene rings is 2. The third-order valence-corrected chi connectivity index (χ3v) is 7.05. The lowest BCUT2D eigenvalue weighted by atomic mass is 10.1. The molecule has 5 rings (SSSR count). The molecule has 0 spiro atoms. The van der Waals surface area contributed by atoms with E-state index in [1.165, 1.54) is 0 Å². The molecule has 1 aliphatic heterocycles. The van der Waals surface area contributed by atoms with Crippen molar-refractivity contribution in [1.29, 1.82) is 0 Å². The maximum Gasteiger partial charge on any atom is 0.254 e. The van der Waals surface area contributed by atoms with E-state index in [2.05, 4.69) is 33.9 Å². The van der Waals surface area contributed by atoms with Crippen molar-refractivity contribution in [3.63, 3.8) is 0 Å². The fourth-order valence-corrected chi connectivity index (χ4v) is 5.06. The number of pyridine rings is 1. The summed E-state index contributed by atoms with van der Waals surface area (Å²) in [6.07, 6.45) is 6.26. The Morgan fingerprint density at radius 1 is 0.875 bits per heavy atom. The molecule has 0 saturated heterocycles. The van der Waals surface area contributed by atoms with E-state index in [0.717, 1.165) is 35.7 Å². The van der Waals surface area contributed by atoms with Gasteiger partial charge in [0.15, 0.2) is 0 Å². The van der Waals surface area contributed by atoms with Gasteiger partial charge < -0.3 is 14.7 Å². The summed E-state index contributed by atoms with van der Waals surface area (Å²) in [5.74, 6) is 1.14. The summed E-state index contributed by atoms with van der Waals surface area (Å²) in [7, 11) is 0. The molecule has 9 heteroatoms. The van der Waals surface area contributed by atoms with E-state index in [1.807, 2.05) is 76.5 Å². The number of carbonyl (C=O) groups excluding carboxylic acids is 2. The Hall–Kier alpha value is -4.53. The summed E-state index contributed by atoms with van der Waals surface area (Å²) in [4.78, 5) is 38.1. The predicted molar refractivity (Wildman–Crippen MR) is 155 cm³/mol. The van der Waals surface area contributed by atoms with Crippen LogP contribution in [0.5, 0.6) is 0 Å². The second kappa shape index (κ2) is 12.5. The van der Waals surface area contributed by atoms with E-state index in [-0.39, 0.29) is 17.7 Å². The number of amides is 2. The first-order valence-corrected chi connectivity index (χ1v) is 13.8. The van der Waals surface area contributed by atoms with Gasteiger partial charge in [0.25, 0.3) is 5.91 Å². The van der Waals surface area contributed by atoms with Crippen molar-refractivity contribution in [3.05, 3.63) is 96.7 Å². The molecule has 0 atom stereocenters. The highest BCUT2D eigenvalue weighted by molar-refractivity contribution is 5.96. The Balaban J connectivity index is 1.51. The van der Waals surface area contributed by atoms with Crippen molar-refractivity contribution in [2.75, 3.05) is 36.0 Å². The van der Waals surface area contributed by atoms with Crippen LogP contribution < -0.4 is 9.80 Å². The SMILES string of the molecule is CC(C)CC(=O)N1CCCN(c2ccccn2)CCN(C(=O)c2cccc(-n3cnnc3)c2)Cc2ccccc21. The minimum absolute atomic E-state index is 0.0787. The van der Waals surface area contributed by atoms with Crippen molar-refractivity contribution in [1.82, 2.24) is 24.6 Å². The molecular formula is C31H35N7O2. The Morgan fingerprint density at radius 2 is 1.68 bits per heavy atom. The number of hydrogen-bond acceptors (Lipinski definition) is 6. The number of carbonyl (C=O) groups is 2. The Kier molecular flexibility index (Phi) is 8.49. The third-order valence-electron chi connectivity index (χ3n) is 7.05. The molecule has 0 N–H and O–H groups in total. The Labute approximate surface area is 235 Å². The molecule has 0 bridgehead atoms. The van der Waals surface area contributed by atoms with Crippen molar-refractivity contribution < 1.29 is 9.59 Å². The van der Waals surface area contributed by atoms with Crippen LogP contribution in [0.15, 0.2) is 85.6 Å². The van der Waals surface area contributed by atoms with E-state index < -0.39 is 0 Å². The number of anilines is 2. The number of aromatic nitrogens is 4. The van der Waals surface area contributed by atoms with Gasteiger partial charge in [0, 0.05) is 62.3 Å². The van der Waals surface area contributed by atoms with Crippen LogP contribution >= 0.6 is 0 Å². The summed E-state index contributed by atoms with van der Waals surface area (Å²) in [6, 6.07) is 21.3. The molecular weight excluding hydrogens is 502 g/mol. The molecule has 0 fully saturated rings. The predicted octanol–water partition coefficient (Wildman–Crippen LogP) is 4.59. The first-order chi connectivity index (χ1) is 19.5. The zero-order chi connectivity index (χ0) is 27.9. The van der Waals surface area contributed by atoms with Gasteiger partial charge in [-0.25, -0.2) is 4.98 Å². The van der Waals surface area contributed by atoms with Crippen molar-refractivity contribution in [3.8, 4) is 5.69 Å². The van der Waals surface area contributed by atoms with E-state index >= 15 is 0 Å². The summed E-state index contributed by atoms with van der Waals surface area (Å²) >= 11 is 0. The molecule has 3 heterocycles. The van der Waals surface area contributed by atoms with Crippen LogP contribution in [0.2, 0.25) is 0 Å². The molecule has 0 aliphatic carbocycles. The van der Waals surface area contributed by atoms with Gasteiger partial charge in [-0.15, -0.1) is 10.2 Å². The fraction of sp³-hybridized carbons (Fsp3) is 0.323. The third kappa shape index (κ3) is 6.36. The van der Waals surface area contributed by atoms with Crippen molar-refractivity contribution >= 4 is 23.3 Å². The Bertz CT molecular complexity index is 1420. The van der Waals surface area contributed by atoms with E-state index in [4.69, 9.17) is 0 Å². The maximum absolute atomic E-state index is 14.1. The second-order valence-electron chi connectivity index (χ2n) is 10.4. The minimum atomic E-state index is -0.0787. The summed E-state index contributed by atoms with van der Waals surface area (Å²) in [5.41, 5.74) is 3.22. The van der Waals surface area contributed by atoms with E-state index in [9.17, 15) is 9.59 Å². The largest absolute Gasteiger partial charge is 0.355 e. The summed E-state index contributed by atoms with van der Waals surface area (Å²) in [5, 5.41) is 7.78. The lowest BCUT2D eigenvalue weighted by Gasteiger charge is -2.29. The zero-order valence-corrected chi connectivity index (χ0v) is 23.1. The highest BCUT2D eigenvalue weighted by atomic mass is 16.2.